The minimum Gasteiger partial charge on any atom is -0.339 e. The molecule has 1 aliphatic heterocycles. The molecular weight excluding hydrogens is 222 g/mol. The third kappa shape index (κ3) is 2.43. The third-order valence-electron chi connectivity index (χ3n) is 4.09. The zero-order valence-electron chi connectivity index (χ0n) is 11.6. The number of amides is 1. The first kappa shape index (κ1) is 13.1. The molecule has 2 heteroatoms. The minimum absolute atomic E-state index is 0.265. The highest BCUT2D eigenvalue weighted by atomic mass is 16.2. The van der Waals surface area contributed by atoms with E-state index < -0.39 is 5.41 Å². The number of benzene rings is 1. The van der Waals surface area contributed by atoms with Crippen LogP contribution in [0.1, 0.15) is 45.6 Å². The van der Waals surface area contributed by atoms with Gasteiger partial charge in [-0.2, -0.15) is 0 Å². The lowest BCUT2D eigenvalue weighted by atomic mass is 9.82. The van der Waals surface area contributed by atoms with Crippen LogP contribution in [-0.2, 0) is 10.2 Å². The molecule has 1 heterocycles. The molecule has 0 spiro atoms. The van der Waals surface area contributed by atoms with Crippen molar-refractivity contribution in [2.75, 3.05) is 6.54 Å². The van der Waals surface area contributed by atoms with Gasteiger partial charge in [0, 0.05) is 12.6 Å². The maximum atomic E-state index is 12.8. The zero-order chi connectivity index (χ0) is 13.2. The van der Waals surface area contributed by atoms with E-state index in [1.54, 1.807) is 0 Å². The van der Waals surface area contributed by atoms with Gasteiger partial charge in [-0.05, 0) is 45.6 Å². The molecule has 1 amide bonds. The molecule has 0 radical (unpaired) electrons. The van der Waals surface area contributed by atoms with Crippen molar-refractivity contribution in [3.05, 3.63) is 35.9 Å². The molecule has 98 valence electrons. The Hall–Kier alpha value is -1.31. The molecule has 0 N–H and O–H groups in total. The van der Waals surface area contributed by atoms with E-state index in [4.69, 9.17) is 0 Å². The SMILES string of the molecule is CC1CCCCN1C(=O)C(C)(C)c1ccccc1. The first-order valence-electron chi connectivity index (χ1n) is 6.90. The van der Waals surface area contributed by atoms with E-state index in [2.05, 4.69) is 11.8 Å². The van der Waals surface area contributed by atoms with E-state index in [1.807, 2.05) is 44.2 Å². The lowest BCUT2D eigenvalue weighted by Crippen LogP contribution is -2.49. The quantitative estimate of drug-likeness (QED) is 0.782. The fourth-order valence-electron chi connectivity index (χ4n) is 2.74. The molecule has 1 saturated heterocycles. The molecule has 0 aromatic heterocycles. The normalized spacial score (nSPS) is 20.8. The van der Waals surface area contributed by atoms with Gasteiger partial charge < -0.3 is 4.90 Å². The molecule has 2 nitrogen and oxygen atoms in total. The first-order valence-corrected chi connectivity index (χ1v) is 6.90. The largest absolute Gasteiger partial charge is 0.339 e. The highest BCUT2D eigenvalue weighted by Gasteiger charge is 2.36. The van der Waals surface area contributed by atoms with E-state index in [1.165, 1.54) is 6.42 Å². The monoisotopic (exact) mass is 245 g/mol. The molecule has 2 rings (SSSR count). The van der Waals surface area contributed by atoms with Gasteiger partial charge in [-0.3, -0.25) is 4.79 Å². The lowest BCUT2D eigenvalue weighted by Gasteiger charge is -2.39. The predicted octanol–water partition coefficient (Wildman–Crippen LogP) is 3.37. The maximum absolute atomic E-state index is 12.8. The molecule has 1 aromatic rings. The van der Waals surface area contributed by atoms with Crippen LogP contribution in [0.4, 0.5) is 0 Å². The molecule has 1 unspecified atom stereocenters. The standard InChI is InChI=1S/C16H23NO/c1-13-9-7-8-12-17(13)15(18)16(2,3)14-10-5-4-6-11-14/h4-6,10-11,13H,7-9,12H2,1-3H3. The third-order valence-corrected chi connectivity index (χ3v) is 4.09. The molecule has 1 atom stereocenters. The van der Waals surface area contributed by atoms with Gasteiger partial charge >= 0.3 is 0 Å². The maximum Gasteiger partial charge on any atom is 0.232 e. The molecule has 18 heavy (non-hydrogen) atoms. The number of rotatable bonds is 2. The predicted molar refractivity (Wildman–Crippen MR) is 74.5 cm³/mol. The Balaban J connectivity index is 2.21. The molecule has 1 fully saturated rings. The summed E-state index contributed by atoms with van der Waals surface area (Å²) in [7, 11) is 0. The van der Waals surface area contributed by atoms with Crippen LogP contribution in [0.25, 0.3) is 0 Å². The summed E-state index contributed by atoms with van der Waals surface area (Å²) in [6, 6.07) is 10.5. The fraction of sp³-hybridized carbons (Fsp3) is 0.562. The summed E-state index contributed by atoms with van der Waals surface area (Å²) in [6.45, 7) is 7.15. The Morgan fingerprint density at radius 3 is 2.50 bits per heavy atom. The van der Waals surface area contributed by atoms with Crippen LogP contribution in [0.5, 0.6) is 0 Å². The van der Waals surface area contributed by atoms with Gasteiger partial charge in [0.1, 0.15) is 0 Å². The Morgan fingerprint density at radius 2 is 1.89 bits per heavy atom. The van der Waals surface area contributed by atoms with Crippen LogP contribution in [0.3, 0.4) is 0 Å². The summed E-state index contributed by atoms with van der Waals surface area (Å²) in [4.78, 5) is 14.8. The average Bonchev–Trinajstić information content (AvgIpc) is 2.39. The average molecular weight is 245 g/mol. The summed E-state index contributed by atoms with van der Waals surface area (Å²) >= 11 is 0. The van der Waals surface area contributed by atoms with Crippen molar-refractivity contribution in [2.24, 2.45) is 0 Å². The van der Waals surface area contributed by atoms with Gasteiger partial charge in [0.2, 0.25) is 5.91 Å². The van der Waals surface area contributed by atoms with Crippen molar-refractivity contribution >= 4 is 5.91 Å². The Labute approximate surface area is 110 Å². The fourth-order valence-corrected chi connectivity index (χ4v) is 2.74. The summed E-state index contributed by atoms with van der Waals surface area (Å²) in [5.41, 5.74) is 0.681. The Kier molecular flexibility index (Phi) is 3.74. The Bertz CT molecular complexity index is 410. The summed E-state index contributed by atoms with van der Waals surface area (Å²) in [6.07, 6.45) is 3.52. The van der Waals surface area contributed by atoms with Crippen LogP contribution in [0, 0.1) is 0 Å². The van der Waals surface area contributed by atoms with Gasteiger partial charge in [0.15, 0.2) is 0 Å². The molecular formula is C16H23NO. The number of carbonyl (C=O) groups is 1. The number of nitrogens with zero attached hydrogens (tertiary/aromatic N) is 1. The minimum atomic E-state index is -0.424. The molecule has 0 aliphatic carbocycles. The molecule has 0 saturated carbocycles. The van der Waals surface area contributed by atoms with Crippen LogP contribution in [-0.4, -0.2) is 23.4 Å². The number of carbonyl (C=O) groups excluding carboxylic acids is 1. The van der Waals surface area contributed by atoms with E-state index >= 15 is 0 Å². The Morgan fingerprint density at radius 1 is 1.22 bits per heavy atom. The van der Waals surface area contributed by atoms with Gasteiger partial charge in [0.05, 0.1) is 5.41 Å². The van der Waals surface area contributed by atoms with Crippen molar-refractivity contribution in [1.82, 2.24) is 4.90 Å². The molecule has 1 aromatic carbocycles. The summed E-state index contributed by atoms with van der Waals surface area (Å²) < 4.78 is 0. The summed E-state index contributed by atoms with van der Waals surface area (Å²) in [5, 5.41) is 0. The van der Waals surface area contributed by atoms with Crippen LogP contribution < -0.4 is 0 Å². The van der Waals surface area contributed by atoms with Crippen molar-refractivity contribution in [3.63, 3.8) is 0 Å². The molecule has 1 aliphatic rings. The van der Waals surface area contributed by atoms with E-state index in [9.17, 15) is 4.79 Å². The number of hydrogen-bond donors (Lipinski definition) is 0. The second-order valence-electron chi connectivity index (χ2n) is 5.83. The van der Waals surface area contributed by atoms with Crippen molar-refractivity contribution in [2.45, 2.75) is 51.5 Å². The van der Waals surface area contributed by atoms with E-state index in [-0.39, 0.29) is 5.91 Å². The van der Waals surface area contributed by atoms with Crippen LogP contribution in [0.2, 0.25) is 0 Å². The summed E-state index contributed by atoms with van der Waals surface area (Å²) in [5.74, 6) is 0.265. The van der Waals surface area contributed by atoms with E-state index in [0.717, 1.165) is 24.9 Å². The number of piperidine rings is 1. The second kappa shape index (κ2) is 5.13. The van der Waals surface area contributed by atoms with Crippen LogP contribution >= 0.6 is 0 Å². The van der Waals surface area contributed by atoms with E-state index in [0.29, 0.717) is 6.04 Å². The highest BCUT2D eigenvalue weighted by molar-refractivity contribution is 5.87. The van der Waals surface area contributed by atoms with Gasteiger partial charge in [0.25, 0.3) is 0 Å². The number of likely N-dealkylation sites (tertiary alicyclic amines) is 1. The van der Waals surface area contributed by atoms with Crippen molar-refractivity contribution < 1.29 is 4.79 Å². The molecule has 0 bridgehead atoms. The smallest absolute Gasteiger partial charge is 0.232 e. The zero-order valence-corrected chi connectivity index (χ0v) is 11.6. The van der Waals surface area contributed by atoms with Crippen molar-refractivity contribution in [1.29, 1.82) is 0 Å². The van der Waals surface area contributed by atoms with Gasteiger partial charge in [-0.15, -0.1) is 0 Å². The highest BCUT2D eigenvalue weighted by Crippen LogP contribution is 2.28. The topological polar surface area (TPSA) is 20.3 Å². The van der Waals surface area contributed by atoms with Crippen LogP contribution in [0.15, 0.2) is 30.3 Å². The second-order valence-corrected chi connectivity index (χ2v) is 5.83. The first-order chi connectivity index (χ1) is 8.53. The van der Waals surface area contributed by atoms with Gasteiger partial charge in [-0.25, -0.2) is 0 Å². The number of hydrogen-bond acceptors (Lipinski definition) is 1. The van der Waals surface area contributed by atoms with Gasteiger partial charge in [-0.1, -0.05) is 30.3 Å². The lowest BCUT2D eigenvalue weighted by molar-refractivity contribution is -0.139. The van der Waals surface area contributed by atoms with Crippen molar-refractivity contribution in [3.8, 4) is 0 Å².